The van der Waals surface area contributed by atoms with Crippen molar-refractivity contribution in [1.29, 1.82) is 0 Å². The third-order valence-corrected chi connectivity index (χ3v) is 4.02. The number of aromatic nitrogens is 1. The minimum atomic E-state index is 0.416. The molecule has 0 spiro atoms. The highest BCUT2D eigenvalue weighted by Gasteiger charge is 2.17. The number of fused-ring (bicyclic) bond motifs is 1. The second-order valence-corrected chi connectivity index (χ2v) is 5.30. The Morgan fingerprint density at radius 3 is 2.38 bits per heavy atom. The van der Waals surface area contributed by atoms with Gasteiger partial charge >= 0.3 is 0 Å². The van der Waals surface area contributed by atoms with Crippen molar-refractivity contribution in [3.8, 4) is 28.4 Å². The molecule has 0 unspecified atom stereocenters. The molecule has 0 atom stereocenters. The minimum absolute atomic E-state index is 0.416. The molecule has 3 rings (SSSR count). The molecule has 0 aliphatic carbocycles. The van der Waals surface area contributed by atoms with E-state index < -0.39 is 0 Å². The lowest BCUT2D eigenvalue weighted by molar-refractivity contribution is 0.356. The van der Waals surface area contributed by atoms with Crippen LogP contribution >= 0.6 is 0 Å². The molecule has 2 N–H and O–H groups in total. The molecule has 2 aromatic carbocycles. The van der Waals surface area contributed by atoms with E-state index in [4.69, 9.17) is 19.9 Å². The monoisotopic (exact) mass is 324 g/mol. The number of benzene rings is 2. The molecule has 0 fully saturated rings. The van der Waals surface area contributed by atoms with E-state index in [2.05, 4.69) is 4.98 Å². The summed E-state index contributed by atoms with van der Waals surface area (Å²) in [7, 11) is 4.89. The Labute approximate surface area is 141 Å². The Kier molecular flexibility index (Phi) is 4.53. The fourth-order valence-corrected chi connectivity index (χ4v) is 2.89. The molecule has 0 aliphatic heterocycles. The van der Waals surface area contributed by atoms with Crippen LogP contribution in [0.1, 0.15) is 5.56 Å². The van der Waals surface area contributed by atoms with Crippen molar-refractivity contribution < 1.29 is 14.2 Å². The van der Waals surface area contributed by atoms with Crippen molar-refractivity contribution in [2.45, 2.75) is 6.54 Å². The number of hydrogen-bond donors (Lipinski definition) is 1. The summed E-state index contributed by atoms with van der Waals surface area (Å²) >= 11 is 0. The van der Waals surface area contributed by atoms with E-state index >= 15 is 0 Å². The van der Waals surface area contributed by atoms with Gasteiger partial charge in [0.05, 0.1) is 21.3 Å². The van der Waals surface area contributed by atoms with Crippen molar-refractivity contribution in [2.75, 3.05) is 21.3 Å². The Morgan fingerprint density at radius 2 is 1.71 bits per heavy atom. The van der Waals surface area contributed by atoms with Crippen molar-refractivity contribution in [3.63, 3.8) is 0 Å². The molecule has 1 aromatic heterocycles. The van der Waals surface area contributed by atoms with E-state index in [9.17, 15) is 0 Å². The standard InChI is InChI=1S/C19H20N2O3/c1-22-16-7-6-13(14-5-4-8-21-18(14)16)15-9-12(11-20)10-17(23-2)19(15)24-3/h4-10H,11,20H2,1-3H3. The molecule has 0 bridgehead atoms. The number of nitrogens with zero attached hydrogens (tertiary/aromatic N) is 1. The zero-order valence-electron chi connectivity index (χ0n) is 14.0. The lowest BCUT2D eigenvalue weighted by Gasteiger charge is -2.17. The van der Waals surface area contributed by atoms with Crippen LogP contribution in [-0.2, 0) is 6.54 Å². The van der Waals surface area contributed by atoms with Crippen LogP contribution in [0.5, 0.6) is 17.2 Å². The first-order valence-corrected chi connectivity index (χ1v) is 7.60. The molecule has 124 valence electrons. The van der Waals surface area contributed by atoms with Gasteiger partial charge < -0.3 is 19.9 Å². The van der Waals surface area contributed by atoms with Gasteiger partial charge in [-0.3, -0.25) is 4.98 Å². The van der Waals surface area contributed by atoms with Crippen molar-refractivity contribution >= 4 is 10.9 Å². The average molecular weight is 324 g/mol. The fraction of sp³-hybridized carbons (Fsp3) is 0.211. The summed E-state index contributed by atoms with van der Waals surface area (Å²) < 4.78 is 16.5. The fourth-order valence-electron chi connectivity index (χ4n) is 2.89. The minimum Gasteiger partial charge on any atom is -0.494 e. The highest BCUT2D eigenvalue weighted by molar-refractivity contribution is 5.99. The summed E-state index contributed by atoms with van der Waals surface area (Å²) in [6.07, 6.45) is 1.75. The highest BCUT2D eigenvalue weighted by atomic mass is 16.5. The summed E-state index contributed by atoms with van der Waals surface area (Å²) in [6.45, 7) is 0.416. The first kappa shape index (κ1) is 16.1. The second-order valence-electron chi connectivity index (χ2n) is 5.30. The summed E-state index contributed by atoms with van der Waals surface area (Å²) in [5, 5.41) is 0.978. The maximum Gasteiger partial charge on any atom is 0.168 e. The molecule has 3 aromatic rings. The molecular weight excluding hydrogens is 304 g/mol. The third kappa shape index (κ3) is 2.63. The molecule has 5 nitrogen and oxygen atoms in total. The van der Waals surface area contributed by atoms with E-state index in [0.29, 0.717) is 18.0 Å². The molecule has 24 heavy (non-hydrogen) atoms. The molecule has 0 saturated heterocycles. The van der Waals surface area contributed by atoms with Crippen LogP contribution in [-0.4, -0.2) is 26.3 Å². The molecular formula is C19H20N2O3. The summed E-state index contributed by atoms with van der Waals surface area (Å²) in [5.41, 5.74) is 9.52. The number of pyridine rings is 1. The highest BCUT2D eigenvalue weighted by Crippen LogP contribution is 2.42. The van der Waals surface area contributed by atoms with Gasteiger partial charge in [-0.1, -0.05) is 6.07 Å². The lowest BCUT2D eigenvalue weighted by Crippen LogP contribution is -2.01. The molecule has 1 heterocycles. The third-order valence-electron chi connectivity index (χ3n) is 4.02. The van der Waals surface area contributed by atoms with Gasteiger partial charge in [0.25, 0.3) is 0 Å². The van der Waals surface area contributed by atoms with Crippen LogP contribution in [0, 0.1) is 0 Å². The van der Waals surface area contributed by atoms with E-state index in [1.807, 2.05) is 36.4 Å². The van der Waals surface area contributed by atoms with Crippen molar-refractivity contribution in [3.05, 3.63) is 48.2 Å². The smallest absolute Gasteiger partial charge is 0.168 e. The first-order chi connectivity index (χ1) is 11.7. The van der Waals surface area contributed by atoms with Crippen LogP contribution < -0.4 is 19.9 Å². The number of methoxy groups -OCH3 is 3. The van der Waals surface area contributed by atoms with E-state index in [0.717, 1.165) is 33.3 Å². The predicted octanol–water partition coefficient (Wildman–Crippen LogP) is 3.39. The van der Waals surface area contributed by atoms with Crippen LogP contribution in [0.25, 0.3) is 22.0 Å². The maximum atomic E-state index is 5.84. The number of hydrogen-bond acceptors (Lipinski definition) is 5. The number of nitrogens with two attached hydrogens (primary N) is 1. The topological polar surface area (TPSA) is 66.6 Å². The maximum absolute atomic E-state index is 5.84. The van der Waals surface area contributed by atoms with E-state index in [-0.39, 0.29) is 0 Å². The zero-order chi connectivity index (χ0) is 17.1. The van der Waals surface area contributed by atoms with Gasteiger partial charge in [-0.15, -0.1) is 0 Å². The van der Waals surface area contributed by atoms with Gasteiger partial charge in [0, 0.05) is 23.7 Å². The Bertz CT molecular complexity index is 878. The molecule has 0 amide bonds. The zero-order valence-corrected chi connectivity index (χ0v) is 14.0. The van der Waals surface area contributed by atoms with Crippen LogP contribution in [0.2, 0.25) is 0 Å². The number of rotatable bonds is 5. The Balaban J connectivity index is 2.35. The normalized spacial score (nSPS) is 10.7. The Hall–Kier alpha value is -2.79. The van der Waals surface area contributed by atoms with Crippen molar-refractivity contribution in [2.24, 2.45) is 5.73 Å². The van der Waals surface area contributed by atoms with Crippen LogP contribution in [0.15, 0.2) is 42.6 Å². The van der Waals surface area contributed by atoms with Gasteiger partial charge in [0.2, 0.25) is 0 Å². The van der Waals surface area contributed by atoms with Gasteiger partial charge in [-0.2, -0.15) is 0 Å². The Morgan fingerprint density at radius 1 is 0.917 bits per heavy atom. The first-order valence-electron chi connectivity index (χ1n) is 7.60. The van der Waals surface area contributed by atoms with Gasteiger partial charge in [0.15, 0.2) is 11.5 Å². The average Bonchev–Trinajstić information content (AvgIpc) is 2.65. The van der Waals surface area contributed by atoms with Crippen LogP contribution in [0.4, 0.5) is 0 Å². The van der Waals surface area contributed by atoms with E-state index in [1.54, 1.807) is 27.5 Å². The predicted molar refractivity (Wildman–Crippen MR) is 94.7 cm³/mol. The molecule has 5 heteroatoms. The van der Waals surface area contributed by atoms with Gasteiger partial charge in [0.1, 0.15) is 11.3 Å². The second kappa shape index (κ2) is 6.76. The largest absolute Gasteiger partial charge is 0.494 e. The molecule has 0 aliphatic rings. The number of ether oxygens (including phenoxy) is 3. The summed E-state index contributed by atoms with van der Waals surface area (Å²) in [5.74, 6) is 2.06. The summed E-state index contributed by atoms with van der Waals surface area (Å²) in [6, 6.07) is 11.7. The summed E-state index contributed by atoms with van der Waals surface area (Å²) in [4.78, 5) is 4.46. The van der Waals surface area contributed by atoms with Gasteiger partial charge in [-0.25, -0.2) is 0 Å². The molecule has 0 radical (unpaired) electrons. The molecule has 0 saturated carbocycles. The van der Waals surface area contributed by atoms with E-state index in [1.165, 1.54) is 0 Å². The van der Waals surface area contributed by atoms with Crippen LogP contribution in [0.3, 0.4) is 0 Å². The quantitative estimate of drug-likeness (QED) is 0.779. The van der Waals surface area contributed by atoms with Gasteiger partial charge in [-0.05, 0) is 41.5 Å². The SMILES string of the molecule is COc1cc(CN)cc(-c2ccc(OC)c3ncccc23)c1OC. The van der Waals surface area contributed by atoms with Crippen molar-refractivity contribution in [1.82, 2.24) is 4.98 Å². The lowest BCUT2D eigenvalue weighted by atomic mass is 9.97.